The number of nitrogens with one attached hydrogen (secondary N) is 1. The zero-order valence-electron chi connectivity index (χ0n) is 16.6. The van der Waals surface area contributed by atoms with Gasteiger partial charge in [0.2, 0.25) is 11.9 Å². The van der Waals surface area contributed by atoms with E-state index in [2.05, 4.69) is 51.2 Å². The Morgan fingerprint density at radius 1 is 1.07 bits per heavy atom. The third-order valence-electron chi connectivity index (χ3n) is 5.58. The summed E-state index contributed by atoms with van der Waals surface area (Å²) in [6.07, 6.45) is 3.61. The van der Waals surface area contributed by atoms with E-state index in [0.717, 1.165) is 57.1 Å². The van der Waals surface area contributed by atoms with Gasteiger partial charge in [0.25, 0.3) is 0 Å². The molecule has 7 nitrogen and oxygen atoms in total. The topological polar surface area (TPSA) is 64.6 Å². The monoisotopic (exact) mass is 380 g/mol. The van der Waals surface area contributed by atoms with Gasteiger partial charge in [0, 0.05) is 44.6 Å². The Morgan fingerprint density at radius 3 is 2.57 bits per heavy atom. The fourth-order valence-electron chi connectivity index (χ4n) is 3.84. The average molecular weight is 380 g/mol. The smallest absolute Gasteiger partial charge is 0.245 e. The SMILES string of the molecule is Cc1ccc(Nc2ccnc(N3CCCC3C(=O)N3CCN(C)CC3)n2)cc1. The van der Waals surface area contributed by atoms with Gasteiger partial charge in [-0.25, -0.2) is 4.98 Å². The van der Waals surface area contributed by atoms with Crippen LogP contribution in [0.2, 0.25) is 0 Å². The Balaban J connectivity index is 1.48. The normalized spacial score (nSPS) is 20.4. The van der Waals surface area contributed by atoms with Gasteiger partial charge >= 0.3 is 0 Å². The minimum Gasteiger partial charge on any atom is -0.340 e. The van der Waals surface area contributed by atoms with Crippen LogP contribution in [-0.2, 0) is 4.79 Å². The molecule has 2 aromatic rings. The number of rotatable bonds is 4. The van der Waals surface area contributed by atoms with Crippen LogP contribution in [0.4, 0.5) is 17.5 Å². The van der Waals surface area contributed by atoms with E-state index in [1.54, 1.807) is 6.20 Å². The van der Waals surface area contributed by atoms with Crippen LogP contribution in [0.3, 0.4) is 0 Å². The van der Waals surface area contributed by atoms with Crippen LogP contribution < -0.4 is 10.2 Å². The number of likely N-dealkylation sites (N-methyl/N-ethyl adjacent to an activating group) is 1. The standard InChI is InChI=1S/C21H28N6O/c1-16-5-7-17(8-6-16)23-19-9-10-22-21(24-19)27-11-3-4-18(27)20(28)26-14-12-25(2)13-15-26/h5-10,18H,3-4,11-15H2,1-2H3,(H,22,23,24). The van der Waals surface area contributed by atoms with Crippen LogP contribution in [0, 0.1) is 6.92 Å². The molecule has 1 atom stereocenters. The molecule has 1 aromatic heterocycles. The summed E-state index contributed by atoms with van der Waals surface area (Å²) < 4.78 is 0. The van der Waals surface area contributed by atoms with Gasteiger partial charge in [0.05, 0.1) is 0 Å². The van der Waals surface area contributed by atoms with Gasteiger partial charge in [0.15, 0.2) is 0 Å². The number of hydrogen-bond donors (Lipinski definition) is 1. The maximum Gasteiger partial charge on any atom is 0.245 e. The second-order valence-corrected chi connectivity index (χ2v) is 7.71. The van der Waals surface area contributed by atoms with Crippen molar-refractivity contribution >= 4 is 23.4 Å². The largest absolute Gasteiger partial charge is 0.340 e. The molecule has 2 aliphatic heterocycles. The highest BCUT2D eigenvalue weighted by Gasteiger charge is 2.36. The lowest BCUT2D eigenvalue weighted by molar-refractivity contribution is -0.134. The van der Waals surface area contributed by atoms with E-state index in [9.17, 15) is 4.79 Å². The lowest BCUT2D eigenvalue weighted by Crippen LogP contribution is -2.53. The summed E-state index contributed by atoms with van der Waals surface area (Å²) in [6, 6.07) is 9.90. The highest BCUT2D eigenvalue weighted by atomic mass is 16.2. The average Bonchev–Trinajstić information content (AvgIpc) is 3.20. The van der Waals surface area contributed by atoms with Crippen LogP contribution >= 0.6 is 0 Å². The number of carbonyl (C=O) groups excluding carboxylic acids is 1. The molecular formula is C21H28N6O. The second-order valence-electron chi connectivity index (χ2n) is 7.71. The number of anilines is 3. The highest BCUT2D eigenvalue weighted by Crippen LogP contribution is 2.26. The first kappa shape index (κ1) is 18.7. The van der Waals surface area contributed by atoms with Gasteiger partial charge < -0.3 is 20.0 Å². The summed E-state index contributed by atoms with van der Waals surface area (Å²) in [5.41, 5.74) is 2.21. The Morgan fingerprint density at radius 2 is 1.82 bits per heavy atom. The van der Waals surface area contributed by atoms with Crippen LogP contribution in [-0.4, -0.2) is 71.5 Å². The number of hydrogen-bond acceptors (Lipinski definition) is 6. The first-order valence-electron chi connectivity index (χ1n) is 10.0. The summed E-state index contributed by atoms with van der Waals surface area (Å²) in [5.74, 6) is 1.58. The molecule has 1 unspecified atom stereocenters. The minimum absolute atomic E-state index is 0.155. The summed E-state index contributed by atoms with van der Waals surface area (Å²) in [7, 11) is 2.10. The molecule has 1 amide bonds. The molecule has 0 saturated carbocycles. The van der Waals surface area contributed by atoms with Crippen molar-refractivity contribution in [1.29, 1.82) is 0 Å². The van der Waals surface area contributed by atoms with Gasteiger partial charge in [-0.15, -0.1) is 0 Å². The molecule has 1 aromatic carbocycles. The van der Waals surface area contributed by atoms with Crippen molar-refractivity contribution < 1.29 is 4.79 Å². The Bertz CT molecular complexity index is 816. The van der Waals surface area contributed by atoms with Gasteiger partial charge in [-0.1, -0.05) is 17.7 Å². The van der Waals surface area contributed by atoms with Crippen molar-refractivity contribution in [3.05, 3.63) is 42.1 Å². The lowest BCUT2D eigenvalue weighted by atomic mass is 10.1. The molecule has 2 fully saturated rings. The van der Waals surface area contributed by atoms with E-state index < -0.39 is 0 Å². The molecule has 28 heavy (non-hydrogen) atoms. The van der Waals surface area contributed by atoms with E-state index in [0.29, 0.717) is 5.95 Å². The molecule has 7 heteroatoms. The maximum absolute atomic E-state index is 13.1. The van der Waals surface area contributed by atoms with Gasteiger partial charge in [-0.05, 0) is 45.0 Å². The minimum atomic E-state index is -0.155. The van der Waals surface area contributed by atoms with E-state index in [1.807, 2.05) is 23.1 Å². The zero-order valence-corrected chi connectivity index (χ0v) is 16.6. The number of amides is 1. The van der Waals surface area contributed by atoms with Gasteiger partial charge in [-0.3, -0.25) is 4.79 Å². The Labute approximate surface area is 166 Å². The Kier molecular flexibility index (Phi) is 5.43. The lowest BCUT2D eigenvalue weighted by Gasteiger charge is -2.35. The zero-order chi connectivity index (χ0) is 19.5. The van der Waals surface area contributed by atoms with Crippen molar-refractivity contribution in [3.8, 4) is 0 Å². The fourth-order valence-corrected chi connectivity index (χ4v) is 3.84. The third-order valence-corrected chi connectivity index (χ3v) is 5.58. The predicted octanol–water partition coefficient (Wildman–Crippen LogP) is 2.27. The summed E-state index contributed by atoms with van der Waals surface area (Å²) in [6.45, 7) is 6.36. The van der Waals surface area contributed by atoms with E-state index in [1.165, 1.54) is 5.56 Å². The predicted molar refractivity (Wildman–Crippen MR) is 111 cm³/mol. The molecule has 3 heterocycles. The molecule has 1 N–H and O–H groups in total. The quantitative estimate of drug-likeness (QED) is 0.878. The molecule has 0 radical (unpaired) electrons. The molecule has 0 bridgehead atoms. The number of piperazine rings is 1. The van der Waals surface area contributed by atoms with Crippen molar-refractivity contribution in [2.45, 2.75) is 25.8 Å². The summed E-state index contributed by atoms with van der Waals surface area (Å²) in [4.78, 5) is 28.6. The van der Waals surface area contributed by atoms with Crippen molar-refractivity contribution in [1.82, 2.24) is 19.8 Å². The van der Waals surface area contributed by atoms with Crippen LogP contribution in [0.1, 0.15) is 18.4 Å². The Hall–Kier alpha value is -2.67. The van der Waals surface area contributed by atoms with Crippen LogP contribution in [0.25, 0.3) is 0 Å². The first-order chi connectivity index (χ1) is 13.6. The maximum atomic E-state index is 13.1. The number of carbonyl (C=O) groups is 1. The molecule has 4 rings (SSSR count). The van der Waals surface area contributed by atoms with Gasteiger partial charge in [-0.2, -0.15) is 4.98 Å². The number of nitrogens with zero attached hydrogens (tertiary/aromatic N) is 5. The van der Waals surface area contributed by atoms with Crippen molar-refractivity contribution in [3.63, 3.8) is 0 Å². The molecule has 2 aliphatic rings. The van der Waals surface area contributed by atoms with Crippen LogP contribution in [0.5, 0.6) is 0 Å². The summed E-state index contributed by atoms with van der Waals surface area (Å²) in [5, 5.41) is 3.33. The van der Waals surface area contributed by atoms with Crippen molar-refractivity contribution in [2.75, 3.05) is 50.0 Å². The molecule has 0 aliphatic carbocycles. The fraction of sp³-hybridized carbons (Fsp3) is 0.476. The molecule has 2 saturated heterocycles. The third kappa shape index (κ3) is 4.09. The van der Waals surface area contributed by atoms with E-state index in [-0.39, 0.29) is 11.9 Å². The molecule has 148 valence electrons. The second kappa shape index (κ2) is 8.14. The molecule has 0 spiro atoms. The highest BCUT2D eigenvalue weighted by molar-refractivity contribution is 5.85. The molecular weight excluding hydrogens is 352 g/mol. The van der Waals surface area contributed by atoms with E-state index >= 15 is 0 Å². The summed E-state index contributed by atoms with van der Waals surface area (Å²) >= 11 is 0. The van der Waals surface area contributed by atoms with Gasteiger partial charge in [0.1, 0.15) is 11.9 Å². The first-order valence-corrected chi connectivity index (χ1v) is 10.0. The number of benzene rings is 1. The van der Waals surface area contributed by atoms with Crippen molar-refractivity contribution in [2.24, 2.45) is 0 Å². The number of aromatic nitrogens is 2. The van der Waals surface area contributed by atoms with Crippen LogP contribution in [0.15, 0.2) is 36.5 Å². The van der Waals surface area contributed by atoms with E-state index in [4.69, 9.17) is 0 Å². The number of aryl methyl sites for hydroxylation is 1.